The van der Waals surface area contributed by atoms with Crippen molar-refractivity contribution in [2.24, 2.45) is 28.6 Å². The number of ether oxygens (including phenoxy) is 2. The van der Waals surface area contributed by atoms with E-state index in [4.69, 9.17) is 4.74 Å². The maximum absolute atomic E-state index is 17.4. The summed E-state index contributed by atoms with van der Waals surface area (Å²) in [6.45, 7) is 6.62. The predicted octanol–water partition coefficient (Wildman–Crippen LogP) is 4.23. The zero-order chi connectivity index (χ0) is 29.0. The molecule has 9 atom stereocenters. The highest BCUT2D eigenvalue weighted by Gasteiger charge is 2.78. The van der Waals surface area contributed by atoms with Gasteiger partial charge in [-0.3, -0.25) is 14.4 Å². The minimum atomic E-state index is -2.30. The van der Waals surface area contributed by atoms with E-state index < -0.39 is 75.0 Å². The average molecular weight is 567 g/mol. The smallest absolute Gasteiger partial charge is 0.330 e. The minimum absolute atomic E-state index is 0.00599. The Balaban J connectivity index is 1.78. The van der Waals surface area contributed by atoms with Crippen molar-refractivity contribution in [2.75, 3.05) is 12.9 Å². The van der Waals surface area contributed by atoms with Gasteiger partial charge in [0.25, 0.3) is 0 Å². The molecule has 3 fully saturated rings. The molecule has 3 saturated carbocycles. The number of halogens is 2. The Hall–Kier alpha value is -2.33. The van der Waals surface area contributed by atoms with E-state index in [1.807, 2.05) is 0 Å². The van der Waals surface area contributed by atoms with Gasteiger partial charge in [0.05, 0.1) is 13.2 Å². The lowest BCUT2D eigenvalue weighted by atomic mass is 9.44. The highest BCUT2D eigenvalue weighted by Crippen LogP contribution is 2.72. The van der Waals surface area contributed by atoms with Crippen LogP contribution in [0.15, 0.2) is 36.0 Å². The van der Waals surface area contributed by atoms with E-state index in [1.165, 1.54) is 38.3 Å². The van der Waals surface area contributed by atoms with Crippen LogP contribution in [0.5, 0.6) is 0 Å². The van der Waals surface area contributed by atoms with E-state index in [1.54, 1.807) is 20.8 Å². The van der Waals surface area contributed by atoms with Crippen LogP contribution in [0.2, 0.25) is 0 Å². The lowest BCUT2D eigenvalue weighted by molar-refractivity contribution is -0.228. The third-order valence-corrected chi connectivity index (χ3v) is 10.7. The van der Waals surface area contributed by atoms with E-state index >= 15 is 8.78 Å². The van der Waals surface area contributed by atoms with Gasteiger partial charge >= 0.3 is 11.9 Å². The van der Waals surface area contributed by atoms with Crippen molar-refractivity contribution in [2.45, 2.75) is 76.9 Å². The van der Waals surface area contributed by atoms with Gasteiger partial charge in [0, 0.05) is 40.9 Å². The molecule has 4 aliphatic rings. The number of fused-ring (bicyclic) bond motifs is 5. The standard InChI is InChI=1S/C29H36F2O7S/c1-6-23(34)38-29(25(36)39-11-7-8-24(35)37-5)16(2)12-18-19-14-21(30)20-13-17(32)9-10-26(20,3)28(19,31)22(33)15-27(18,29)4/h7-10,13,16,18-19,21-22,33H,6,11-12,14-15H2,1-5H3/b8-7+/t16-,18+,19+,21+,22+,26+,27+,28+,29+/m1/s1. The molecule has 4 rings (SSSR count). The number of ketones is 1. The molecular weight excluding hydrogens is 530 g/mol. The van der Waals surface area contributed by atoms with Crippen molar-refractivity contribution < 1.29 is 42.5 Å². The molecule has 214 valence electrons. The molecule has 0 bridgehead atoms. The molecule has 0 aromatic heterocycles. The first-order valence-electron chi connectivity index (χ1n) is 13.3. The Bertz CT molecular complexity index is 1170. The maximum atomic E-state index is 17.4. The first kappa shape index (κ1) is 29.6. The van der Waals surface area contributed by atoms with Gasteiger partial charge < -0.3 is 14.6 Å². The molecule has 0 radical (unpaired) electrons. The first-order valence-corrected chi connectivity index (χ1v) is 14.3. The third kappa shape index (κ3) is 4.15. The molecule has 4 aliphatic carbocycles. The van der Waals surface area contributed by atoms with Gasteiger partial charge in [0.15, 0.2) is 17.1 Å². The Morgan fingerprint density at radius 3 is 2.56 bits per heavy atom. The number of methoxy groups -OCH3 is 1. The fourth-order valence-electron chi connectivity index (χ4n) is 7.91. The number of alkyl halides is 2. The number of aliphatic hydroxyl groups excluding tert-OH is 1. The van der Waals surface area contributed by atoms with Crippen molar-refractivity contribution in [3.05, 3.63) is 36.0 Å². The normalized spacial score (nSPS) is 42.8. The summed E-state index contributed by atoms with van der Waals surface area (Å²) in [6.07, 6.45) is 2.97. The molecule has 1 N–H and O–H groups in total. The third-order valence-electron chi connectivity index (χ3n) is 9.80. The highest BCUT2D eigenvalue weighted by molar-refractivity contribution is 8.14. The van der Waals surface area contributed by atoms with Crippen LogP contribution >= 0.6 is 11.8 Å². The lowest BCUT2D eigenvalue weighted by Crippen LogP contribution is -2.70. The molecule has 0 spiro atoms. The summed E-state index contributed by atoms with van der Waals surface area (Å²) in [5.41, 5.74) is -6.71. The summed E-state index contributed by atoms with van der Waals surface area (Å²) in [5, 5.41) is 11.1. The molecule has 10 heteroatoms. The van der Waals surface area contributed by atoms with Gasteiger partial charge in [-0.25, -0.2) is 13.6 Å². The zero-order valence-corrected chi connectivity index (χ0v) is 23.7. The van der Waals surface area contributed by atoms with Crippen LogP contribution in [0.4, 0.5) is 8.78 Å². The number of carbonyl (C=O) groups is 4. The Kier molecular flexibility index (Phi) is 7.79. The number of hydrogen-bond donors (Lipinski definition) is 1. The summed E-state index contributed by atoms with van der Waals surface area (Å²) in [5.74, 6) is -3.65. The molecule has 0 saturated heterocycles. The van der Waals surface area contributed by atoms with Crippen molar-refractivity contribution in [3.63, 3.8) is 0 Å². The second-order valence-electron chi connectivity index (χ2n) is 11.6. The van der Waals surface area contributed by atoms with Crippen LogP contribution in [-0.4, -0.2) is 64.4 Å². The maximum Gasteiger partial charge on any atom is 0.330 e. The van der Waals surface area contributed by atoms with Gasteiger partial charge in [0.1, 0.15) is 6.17 Å². The number of carbonyl (C=O) groups excluding carboxylic acids is 4. The van der Waals surface area contributed by atoms with Gasteiger partial charge in [-0.2, -0.15) is 0 Å². The summed E-state index contributed by atoms with van der Waals surface area (Å²) in [4.78, 5) is 50.2. The summed E-state index contributed by atoms with van der Waals surface area (Å²) >= 11 is 0.865. The van der Waals surface area contributed by atoms with E-state index in [2.05, 4.69) is 4.74 Å². The molecule has 39 heavy (non-hydrogen) atoms. The van der Waals surface area contributed by atoms with Crippen LogP contribution in [0.3, 0.4) is 0 Å². The van der Waals surface area contributed by atoms with Crippen molar-refractivity contribution in [1.29, 1.82) is 0 Å². The van der Waals surface area contributed by atoms with Crippen LogP contribution in [-0.2, 0) is 28.7 Å². The fraction of sp³-hybridized carbons (Fsp3) is 0.655. The Morgan fingerprint density at radius 2 is 1.92 bits per heavy atom. The number of allylic oxidation sites excluding steroid dienone is 4. The highest BCUT2D eigenvalue weighted by atomic mass is 32.2. The molecule has 0 amide bonds. The van der Waals surface area contributed by atoms with Crippen LogP contribution in [0.1, 0.15) is 53.4 Å². The second-order valence-corrected chi connectivity index (χ2v) is 12.6. The molecule has 0 unspecified atom stereocenters. The van der Waals surface area contributed by atoms with Crippen LogP contribution < -0.4 is 0 Å². The molecule has 0 heterocycles. The molecule has 0 aromatic carbocycles. The first-order chi connectivity index (χ1) is 18.2. The largest absolute Gasteiger partial charge is 0.466 e. The van der Waals surface area contributed by atoms with E-state index in [0.717, 1.165) is 17.8 Å². The molecular formula is C29H36F2O7S. The lowest BCUT2D eigenvalue weighted by Gasteiger charge is -2.63. The number of aliphatic hydroxyl groups is 1. The molecule has 7 nitrogen and oxygen atoms in total. The summed E-state index contributed by atoms with van der Waals surface area (Å²) in [6, 6.07) is 0. The summed E-state index contributed by atoms with van der Waals surface area (Å²) in [7, 11) is 1.23. The molecule has 0 aromatic rings. The quantitative estimate of drug-likeness (QED) is 0.376. The van der Waals surface area contributed by atoms with Gasteiger partial charge in [0.2, 0.25) is 5.12 Å². The van der Waals surface area contributed by atoms with Crippen LogP contribution in [0.25, 0.3) is 0 Å². The van der Waals surface area contributed by atoms with Gasteiger partial charge in [-0.05, 0) is 49.8 Å². The fourth-order valence-corrected chi connectivity index (χ4v) is 8.95. The number of thioether (sulfide) groups is 1. The monoisotopic (exact) mass is 566 g/mol. The average Bonchev–Trinajstić information content (AvgIpc) is 3.11. The zero-order valence-electron chi connectivity index (χ0n) is 22.9. The van der Waals surface area contributed by atoms with Gasteiger partial charge in [-0.15, -0.1) is 0 Å². The SMILES string of the molecule is CCC(=O)O[C@]1(C(=O)SC/C=C/C(=O)OC)[C@H](C)C[C@H]2[C@@H]3C[C@H](F)C4=CC(=O)C=C[C@]4(C)[C@@]3(F)[C@@H](O)C[C@@]21C. The Morgan fingerprint density at radius 1 is 1.23 bits per heavy atom. The van der Waals surface area contributed by atoms with Crippen molar-refractivity contribution in [1.82, 2.24) is 0 Å². The molecule has 0 aliphatic heterocycles. The summed E-state index contributed by atoms with van der Waals surface area (Å²) < 4.78 is 43.7. The predicted molar refractivity (Wildman–Crippen MR) is 141 cm³/mol. The van der Waals surface area contributed by atoms with E-state index in [-0.39, 0.29) is 37.0 Å². The number of hydrogen-bond acceptors (Lipinski definition) is 8. The van der Waals surface area contributed by atoms with Crippen molar-refractivity contribution >= 4 is 34.6 Å². The van der Waals surface area contributed by atoms with E-state index in [0.29, 0.717) is 0 Å². The second kappa shape index (κ2) is 10.3. The van der Waals surface area contributed by atoms with E-state index in [9.17, 15) is 24.3 Å². The van der Waals surface area contributed by atoms with Crippen LogP contribution in [0, 0.1) is 28.6 Å². The van der Waals surface area contributed by atoms with Crippen molar-refractivity contribution in [3.8, 4) is 0 Å². The Labute approximate surface area is 231 Å². The van der Waals surface area contributed by atoms with Gasteiger partial charge in [-0.1, -0.05) is 44.7 Å². The number of rotatable bonds is 6. The topological polar surface area (TPSA) is 107 Å². The number of esters is 2. The minimum Gasteiger partial charge on any atom is -0.466 e.